The van der Waals surface area contributed by atoms with E-state index in [1.807, 2.05) is 25.6 Å². The van der Waals surface area contributed by atoms with Crippen LogP contribution in [0.4, 0.5) is 0 Å². The maximum atomic E-state index is 11.9. The minimum absolute atomic E-state index is 0.0196. The first-order chi connectivity index (χ1) is 17.6. The number of ether oxygens (including phenoxy) is 1. The normalized spacial score (nSPS) is 16.6. The third kappa shape index (κ3) is 5.57. The van der Waals surface area contributed by atoms with E-state index < -0.39 is 0 Å². The molecule has 4 aromatic rings. The van der Waals surface area contributed by atoms with E-state index in [4.69, 9.17) is 9.26 Å². The Hall–Kier alpha value is -3.31. The lowest BCUT2D eigenvalue weighted by Crippen LogP contribution is -2.07. The van der Waals surface area contributed by atoms with Gasteiger partial charge in [0, 0.05) is 16.9 Å². The SMILES string of the molecule is CCOC(=O)[C@@H]1C[C@@H]1c1ccc(-c2ccc(-c3onc(C)c3CSCCc3ccccc3)cc2)cc1. The summed E-state index contributed by atoms with van der Waals surface area (Å²) in [4.78, 5) is 11.9. The van der Waals surface area contributed by atoms with Crippen molar-refractivity contribution in [2.24, 2.45) is 5.92 Å². The lowest BCUT2D eigenvalue weighted by molar-refractivity contribution is -0.144. The average Bonchev–Trinajstić information content (AvgIpc) is 3.64. The van der Waals surface area contributed by atoms with Crippen LogP contribution in [0.25, 0.3) is 22.5 Å². The third-order valence-corrected chi connectivity index (χ3v) is 7.79. The molecular formula is C31H31NO3S. The van der Waals surface area contributed by atoms with Crippen molar-refractivity contribution in [3.05, 3.63) is 101 Å². The molecule has 1 aliphatic carbocycles. The second kappa shape index (κ2) is 11.2. The van der Waals surface area contributed by atoms with Gasteiger partial charge in [-0.2, -0.15) is 11.8 Å². The molecule has 184 valence electrons. The number of aryl methyl sites for hydroxylation is 2. The number of rotatable bonds is 10. The van der Waals surface area contributed by atoms with Crippen molar-refractivity contribution in [2.75, 3.05) is 12.4 Å². The van der Waals surface area contributed by atoms with Gasteiger partial charge in [0.2, 0.25) is 0 Å². The van der Waals surface area contributed by atoms with Crippen molar-refractivity contribution in [3.8, 4) is 22.5 Å². The van der Waals surface area contributed by atoms with Crippen LogP contribution in [-0.4, -0.2) is 23.5 Å². The largest absolute Gasteiger partial charge is 0.466 e. The summed E-state index contributed by atoms with van der Waals surface area (Å²) in [6.07, 6.45) is 1.94. The lowest BCUT2D eigenvalue weighted by atomic mass is 9.99. The fraction of sp³-hybridized carbons (Fsp3) is 0.290. The van der Waals surface area contributed by atoms with Gasteiger partial charge in [-0.25, -0.2) is 0 Å². The zero-order chi connectivity index (χ0) is 24.9. The molecule has 0 bridgehead atoms. The van der Waals surface area contributed by atoms with Gasteiger partial charge in [0.25, 0.3) is 0 Å². The Labute approximate surface area is 217 Å². The number of carbonyl (C=O) groups excluding carboxylic acids is 1. The van der Waals surface area contributed by atoms with Crippen LogP contribution in [0, 0.1) is 12.8 Å². The predicted octanol–water partition coefficient (Wildman–Crippen LogP) is 7.46. The van der Waals surface area contributed by atoms with Gasteiger partial charge in [-0.1, -0.05) is 84.0 Å². The summed E-state index contributed by atoms with van der Waals surface area (Å²) in [5.41, 5.74) is 8.06. The Morgan fingerprint density at radius 3 is 2.33 bits per heavy atom. The van der Waals surface area contributed by atoms with E-state index in [0.717, 1.165) is 52.5 Å². The standard InChI is InChI=1S/C31H31NO3S/c1-3-34-31(33)28-19-27(28)25-13-9-23(10-14-25)24-11-15-26(16-12-24)30-29(21(2)32-35-30)20-36-18-17-22-7-5-4-6-8-22/h4-16,27-28H,3,17-20H2,1-2H3/t27-,28-/m1/s1. The number of aromatic nitrogens is 1. The van der Waals surface area contributed by atoms with Crippen LogP contribution in [0.3, 0.4) is 0 Å². The van der Waals surface area contributed by atoms with Gasteiger partial charge in [-0.05, 0) is 60.6 Å². The van der Waals surface area contributed by atoms with Crippen molar-refractivity contribution < 1.29 is 14.1 Å². The summed E-state index contributed by atoms with van der Waals surface area (Å²) in [7, 11) is 0. The maximum absolute atomic E-state index is 11.9. The Bertz CT molecular complexity index is 1300. The summed E-state index contributed by atoms with van der Waals surface area (Å²) in [5.74, 6) is 3.04. The second-order valence-electron chi connectivity index (χ2n) is 9.26. The van der Waals surface area contributed by atoms with Gasteiger partial charge in [0.1, 0.15) is 0 Å². The van der Waals surface area contributed by atoms with E-state index in [2.05, 4.69) is 84.0 Å². The van der Waals surface area contributed by atoms with Crippen LogP contribution in [0.2, 0.25) is 0 Å². The molecule has 1 fully saturated rings. The summed E-state index contributed by atoms with van der Waals surface area (Å²) in [5, 5.41) is 4.25. The minimum Gasteiger partial charge on any atom is -0.466 e. The fourth-order valence-corrected chi connectivity index (χ4v) is 5.67. The molecule has 36 heavy (non-hydrogen) atoms. The monoisotopic (exact) mass is 497 g/mol. The highest BCUT2D eigenvalue weighted by atomic mass is 32.2. The number of hydrogen-bond donors (Lipinski definition) is 0. The highest BCUT2D eigenvalue weighted by Crippen LogP contribution is 2.48. The van der Waals surface area contributed by atoms with E-state index >= 15 is 0 Å². The topological polar surface area (TPSA) is 52.3 Å². The Morgan fingerprint density at radius 1 is 0.972 bits per heavy atom. The summed E-state index contributed by atoms with van der Waals surface area (Å²) in [6.45, 7) is 4.31. The zero-order valence-corrected chi connectivity index (χ0v) is 21.6. The quantitative estimate of drug-likeness (QED) is 0.168. The van der Waals surface area contributed by atoms with Crippen LogP contribution in [0.1, 0.15) is 41.6 Å². The lowest BCUT2D eigenvalue weighted by Gasteiger charge is -2.07. The van der Waals surface area contributed by atoms with Gasteiger partial charge >= 0.3 is 5.97 Å². The van der Waals surface area contributed by atoms with Crippen molar-refractivity contribution >= 4 is 17.7 Å². The molecule has 1 aromatic heterocycles. The van der Waals surface area contributed by atoms with E-state index in [9.17, 15) is 4.79 Å². The van der Waals surface area contributed by atoms with Gasteiger partial charge in [-0.3, -0.25) is 4.79 Å². The fourth-order valence-electron chi connectivity index (χ4n) is 4.60. The molecule has 0 spiro atoms. The minimum atomic E-state index is -0.0706. The highest BCUT2D eigenvalue weighted by molar-refractivity contribution is 7.98. The number of esters is 1. The number of benzene rings is 3. The molecule has 5 rings (SSSR count). The molecule has 2 atom stereocenters. The molecule has 0 saturated heterocycles. The molecular weight excluding hydrogens is 466 g/mol. The van der Waals surface area contributed by atoms with Gasteiger partial charge < -0.3 is 9.26 Å². The molecule has 0 unspecified atom stereocenters. The average molecular weight is 498 g/mol. The van der Waals surface area contributed by atoms with Gasteiger partial charge in [0.05, 0.1) is 18.2 Å². The van der Waals surface area contributed by atoms with Crippen LogP contribution in [-0.2, 0) is 21.7 Å². The number of hydrogen-bond acceptors (Lipinski definition) is 5. The van der Waals surface area contributed by atoms with E-state index in [0.29, 0.717) is 12.5 Å². The first-order valence-electron chi connectivity index (χ1n) is 12.6. The Balaban J connectivity index is 1.21. The van der Waals surface area contributed by atoms with E-state index in [1.54, 1.807) is 0 Å². The van der Waals surface area contributed by atoms with Crippen LogP contribution >= 0.6 is 11.8 Å². The molecule has 1 aliphatic rings. The molecule has 0 N–H and O–H groups in total. The summed E-state index contributed by atoms with van der Waals surface area (Å²) >= 11 is 1.91. The number of carbonyl (C=O) groups is 1. The molecule has 1 saturated carbocycles. The molecule has 0 radical (unpaired) electrons. The van der Waals surface area contributed by atoms with Crippen molar-refractivity contribution in [1.82, 2.24) is 5.16 Å². The molecule has 4 nitrogen and oxygen atoms in total. The van der Waals surface area contributed by atoms with Crippen LogP contribution in [0.5, 0.6) is 0 Å². The van der Waals surface area contributed by atoms with Crippen LogP contribution < -0.4 is 0 Å². The van der Waals surface area contributed by atoms with Crippen molar-refractivity contribution in [2.45, 2.75) is 38.4 Å². The zero-order valence-electron chi connectivity index (χ0n) is 20.8. The summed E-state index contributed by atoms with van der Waals surface area (Å²) < 4.78 is 10.9. The highest BCUT2D eigenvalue weighted by Gasteiger charge is 2.45. The first-order valence-corrected chi connectivity index (χ1v) is 13.7. The molecule has 5 heteroatoms. The molecule has 3 aromatic carbocycles. The van der Waals surface area contributed by atoms with Crippen molar-refractivity contribution in [3.63, 3.8) is 0 Å². The number of thioether (sulfide) groups is 1. The van der Waals surface area contributed by atoms with Gasteiger partial charge in [-0.15, -0.1) is 0 Å². The Morgan fingerprint density at radius 2 is 1.64 bits per heavy atom. The summed E-state index contributed by atoms with van der Waals surface area (Å²) in [6, 6.07) is 27.6. The van der Waals surface area contributed by atoms with Crippen LogP contribution in [0.15, 0.2) is 83.4 Å². The molecule has 1 heterocycles. The number of nitrogens with zero attached hydrogens (tertiary/aromatic N) is 1. The molecule has 0 amide bonds. The van der Waals surface area contributed by atoms with Gasteiger partial charge in [0.15, 0.2) is 5.76 Å². The van der Waals surface area contributed by atoms with E-state index in [1.165, 1.54) is 16.7 Å². The maximum Gasteiger partial charge on any atom is 0.309 e. The van der Waals surface area contributed by atoms with Crippen molar-refractivity contribution in [1.29, 1.82) is 0 Å². The van der Waals surface area contributed by atoms with E-state index in [-0.39, 0.29) is 11.9 Å². The smallest absolute Gasteiger partial charge is 0.309 e. The Kier molecular flexibility index (Phi) is 7.57. The third-order valence-electron chi connectivity index (χ3n) is 6.81. The first kappa shape index (κ1) is 24.4. The second-order valence-corrected chi connectivity index (χ2v) is 10.4. The molecule has 0 aliphatic heterocycles. The predicted molar refractivity (Wildman–Crippen MR) is 146 cm³/mol.